The summed E-state index contributed by atoms with van der Waals surface area (Å²) < 4.78 is 10.4. The van der Waals surface area contributed by atoms with Crippen molar-refractivity contribution < 1.29 is 9.47 Å². The monoisotopic (exact) mass is 255 g/mol. The summed E-state index contributed by atoms with van der Waals surface area (Å²) in [4.78, 5) is 4.00. The van der Waals surface area contributed by atoms with Crippen LogP contribution in [0.3, 0.4) is 0 Å². The number of nitriles is 1. The fourth-order valence-corrected chi connectivity index (χ4v) is 1.60. The zero-order chi connectivity index (χ0) is 13.7. The molecule has 1 N–H and O–H groups in total. The minimum atomic E-state index is 0.378. The summed E-state index contributed by atoms with van der Waals surface area (Å²) in [5.41, 5.74) is 1.92. The van der Waals surface area contributed by atoms with Crippen molar-refractivity contribution in [2.75, 3.05) is 19.5 Å². The number of nitrogens with one attached hydrogen (secondary N) is 1. The summed E-state index contributed by atoms with van der Waals surface area (Å²) >= 11 is 0. The first-order chi connectivity index (χ1) is 9.26. The van der Waals surface area contributed by atoms with Crippen LogP contribution in [0.15, 0.2) is 36.5 Å². The molecule has 1 aromatic heterocycles. The Bertz CT molecular complexity index is 603. The number of hydrogen-bond acceptors (Lipinski definition) is 5. The van der Waals surface area contributed by atoms with Crippen molar-refractivity contribution in [1.29, 1.82) is 5.26 Å². The molecule has 1 aromatic carbocycles. The average Bonchev–Trinajstić information content (AvgIpc) is 2.48. The lowest BCUT2D eigenvalue weighted by Crippen LogP contribution is -1.96. The second-order valence-corrected chi connectivity index (χ2v) is 3.74. The summed E-state index contributed by atoms with van der Waals surface area (Å²) in [5.74, 6) is 1.43. The molecular formula is C14H13N3O2. The van der Waals surface area contributed by atoms with E-state index < -0.39 is 0 Å². The molecular weight excluding hydrogens is 242 g/mol. The van der Waals surface area contributed by atoms with Gasteiger partial charge in [0.05, 0.1) is 31.8 Å². The fraction of sp³-hybridized carbons (Fsp3) is 0.143. The maximum Gasteiger partial charge on any atom is 0.142 e. The second-order valence-electron chi connectivity index (χ2n) is 3.74. The molecule has 0 spiro atoms. The van der Waals surface area contributed by atoms with Gasteiger partial charge in [-0.3, -0.25) is 0 Å². The van der Waals surface area contributed by atoms with Crippen molar-refractivity contribution in [3.8, 4) is 17.6 Å². The van der Waals surface area contributed by atoms with E-state index in [1.807, 2.05) is 24.3 Å². The van der Waals surface area contributed by atoms with Gasteiger partial charge in [0, 0.05) is 6.07 Å². The molecule has 0 amide bonds. The molecule has 96 valence electrons. The van der Waals surface area contributed by atoms with E-state index >= 15 is 0 Å². The van der Waals surface area contributed by atoms with Crippen LogP contribution in [0.2, 0.25) is 0 Å². The summed E-state index contributed by atoms with van der Waals surface area (Å²) in [5, 5.41) is 11.9. The Labute approximate surface area is 111 Å². The minimum absolute atomic E-state index is 0.378. The molecule has 1 heterocycles. The van der Waals surface area contributed by atoms with Crippen molar-refractivity contribution in [3.05, 3.63) is 42.2 Å². The summed E-state index contributed by atoms with van der Waals surface area (Å²) in [6.45, 7) is 0. The van der Waals surface area contributed by atoms with Gasteiger partial charge >= 0.3 is 0 Å². The number of ether oxygens (including phenoxy) is 2. The number of nitrogens with zero attached hydrogens (tertiary/aromatic N) is 2. The van der Waals surface area contributed by atoms with E-state index in [-0.39, 0.29) is 0 Å². The Balaban J connectivity index is 2.28. The van der Waals surface area contributed by atoms with Crippen LogP contribution in [-0.4, -0.2) is 19.2 Å². The van der Waals surface area contributed by atoms with Crippen molar-refractivity contribution in [2.45, 2.75) is 0 Å². The van der Waals surface area contributed by atoms with Gasteiger partial charge in [-0.05, 0) is 24.3 Å². The molecule has 0 radical (unpaired) electrons. The van der Waals surface area contributed by atoms with Crippen LogP contribution in [0.4, 0.5) is 11.4 Å². The van der Waals surface area contributed by atoms with E-state index in [0.29, 0.717) is 11.4 Å². The summed E-state index contributed by atoms with van der Waals surface area (Å²) in [7, 11) is 3.21. The van der Waals surface area contributed by atoms with E-state index in [1.165, 1.54) is 0 Å². The zero-order valence-corrected chi connectivity index (χ0v) is 10.7. The largest absolute Gasteiger partial charge is 0.497 e. The molecule has 0 bridgehead atoms. The van der Waals surface area contributed by atoms with Crippen LogP contribution in [-0.2, 0) is 0 Å². The van der Waals surface area contributed by atoms with Gasteiger partial charge in [0.1, 0.15) is 23.3 Å². The van der Waals surface area contributed by atoms with Crippen LogP contribution in [0.1, 0.15) is 5.69 Å². The number of rotatable bonds is 4. The quantitative estimate of drug-likeness (QED) is 0.909. The lowest BCUT2D eigenvalue weighted by Gasteiger charge is -2.12. The zero-order valence-electron chi connectivity index (χ0n) is 10.7. The average molecular weight is 255 g/mol. The third-order valence-electron chi connectivity index (χ3n) is 2.56. The number of pyridine rings is 1. The molecule has 0 aliphatic carbocycles. The Kier molecular flexibility index (Phi) is 3.84. The van der Waals surface area contributed by atoms with Crippen molar-refractivity contribution >= 4 is 11.4 Å². The highest BCUT2D eigenvalue weighted by Crippen LogP contribution is 2.31. The first-order valence-corrected chi connectivity index (χ1v) is 5.62. The molecule has 0 fully saturated rings. The van der Waals surface area contributed by atoms with Gasteiger partial charge in [0.15, 0.2) is 0 Å². The third-order valence-corrected chi connectivity index (χ3v) is 2.56. The highest BCUT2D eigenvalue weighted by Gasteiger charge is 2.05. The molecule has 0 aliphatic rings. The molecule has 0 saturated heterocycles. The van der Waals surface area contributed by atoms with Crippen LogP contribution in [0.25, 0.3) is 0 Å². The second kappa shape index (κ2) is 5.74. The van der Waals surface area contributed by atoms with Gasteiger partial charge in [0.2, 0.25) is 0 Å². The molecule has 2 aromatic rings. The molecule has 0 unspecified atom stereocenters. The lowest BCUT2D eigenvalue weighted by molar-refractivity contribution is 0.405. The predicted octanol–water partition coefficient (Wildman–Crippen LogP) is 2.71. The molecule has 0 atom stereocenters. The molecule has 0 saturated carbocycles. The molecule has 19 heavy (non-hydrogen) atoms. The predicted molar refractivity (Wildman–Crippen MR) is 71.8 cm³/mol. The van der Waals surface area contributed by atoms with Gasteiger partial charge in [-0.2, -0.15) is 5.26 Å². The number of aromatic nitrogens is 1. The van der Waals surface area contributed by atoms with Gasteiger partial charge in [0.25, 0.3) is 0 Å². The van der Waals surface area contributed by atoms with Crippen molar-refractivity contribution in [3.63, 3.8) is 0 Å². The van der Waals surface area contributed by atoms with E-state index in [4.69, 9.17) is 14.7 Å². The normalized spacial score (nSPS) is 9.53. The van der Waals surface area contributed by atoms with Crippen LogP contribution < -0.4 is 14.8 Å². The van der Waals surface area contributed by atoms with E-state index in [9.17, 15) is 0 Å². The topological polar surface area (TPSA) is 67.2 Å². The van der Waals surface area contributed by atoms with Gasteiger partial charge in [-0.1, -0.05) is 0 Å². The van der Waals surface area contributed by atoms with Crippen LogP contribution >= 0.6 is 0 Å². The maximum atomic E-state index is 8.70. The van der Waals surface area contributed by atoms with Gasteiger partial charge < -0.3 is 14.8 Å². The highest BCUT2D eigenvalue weighted by atomic mass is 16.5. The Hall–Kier alpha value is -2.74. The minimum Gasteiger partial charge on any atom is -0.497 e. The summed E-state index contributed by atoms with van der Waals surface area (Å²) in [6.07, 6.45) is 1.59. The van der Waals surface area contributed by atoms with E-state index in [2.05, 4.69) is 10.3 Å². The smallest absolute Gasteiger partial charge is 0.142 e. The van der Waals surface area contributed by atoms with Crippen molar-refractivity contribution in [2.24, 2.45) is 0 Å². The molecule has 2 rings (SSSR count). The third kappa shape index (κ3) is 2.93. The molecule has 0 aliphatic heterocycles. The Morgan fingerprint density at radius 1 is 1.16 bits per heavy atom. The fourth-order valence-electron chi connectivity index (χ4n) is 1.60. The first kappa shape index (κ1) is 12.7. The Morgan fingerprint density at radius 2 is 2.00 bits per heavy atom. The van der Waals surface area contributed by atoms with E-state index in [1.54, 1.807) is 32.5 Å². The Morgan fingerprint density at radius 3 is 2.58 bits per heavy atom. The molecule has 5 heteroatoms. The number of methoxy groups -OCH3 is 2. The number of hydrogen-bond donors (Lipinski definition) is 1. The van der Waals surface area contributed by atoms with Crippen molar-refractivity contribution in [1.82, 2.24) is 4.98 Å². The summed E-state index contributed by atoms with van der Waals surface area (Å²) in [6, 6.07) is 10.9. The van der Waals surface area contributed by atoms with Gasteiger partial charge in [-0.25, -0.2) is 4.98 Å². The standard InChI is InChI=1S/C14H13N3O2/c1-18-12-5-6-14(19-2)13(7-12)17-11-4-3-10(8-15)16-9-11/h3-7,9,17H,1-2H3. The lowest BCUT2D eigenvalue weighted by atomic mass is 10.2. The SMILES string of the molecule is COc1ccc(OC)c(Nc2ccc(C#N)nc2)c1. The number of anilines is 2. The van der Waals surface area contributed by atoms with E-state index in [0.717, 1.165) is 17.1 Å². The number of benzene rings is 1. The van der Waals surface area contributed by atoms with Crippen LogP contribution in [0, 0.1) is 11.3 Å². The van der Waals surface area contributed by atoms with Gasteiger partial charge in [-0.15, -0.1) is 0 Å². The highest BCUT2D eigenvalue weighted by molar-refractivity contribution is 5.67. The molecule has 5 nitrogen and oxygen atoms in total. The maximum absolute atomic E-state index is 8.70. The van der Waals surface area contributed by atoms with Crippen LogP contribution in [0.5, 0.6) is 11.5 Å². The first-order valence-electron chi connectivity index (χ1n) is 5.62.